The Balaban J connectivity index is 1.92. The minimum atomic E-state index is -0.182. The molecule has 0 atom stereocenters. The van der Waals surface area contributed by atoms with Crippen LogP contribution in [0.1, 0.15) is 40.9 Å². The number of hydrogen-bond donors (Lipinski definition) is 2. The molecule has 5 heteroatoms. The molecule has 0 aliphatic carbocycles. The number of benzene rings is 2. The fourth-order valence-electron chi connectivity index (χ4n) is 2.73. The maximum atomic E-state index is 12.3. The van der Waals surface area contributed by atoms with Crippen LogP contribution in [0.3, 0.4) is 0 Å². The van der Waals surface area contributed by atoms with Crippen molar-refractivity contribution in [2.45, 2.75) is 39.5 Å². The van der Waals surface area contributed by atoms with Crippen LogP contribution in [0.15, 0.2) is 42.5 Å². The predicted octanol–water partition coefficient (Wildman–Crippen LogP) is 4.31. The molecule has 0 spiro atoms. The lowest BCUT2D eigenvalue weighted by atomic mass is 10.1. The Kier molecular flexibility index (Phi) is 7.27. The molecule has 0 bridgehead atoms. The Labute approximate surface area is 159 Å². The molecule has 0 aliphatic heterocycles. The van der Waals surface area contributed by atoms with E-state index in [0.29, 0.717) is 17.0 Å². The van der Waals surface area contributed by atoms with E-state index in [4.69, 9.17) is 0 Å². The zero-order chi connectivity index (χ0) is 19.1. The molecule has 0 aliphatic rings. The lowest BCUT2D eigenvalue weighted by Gasteiger charge is -2.13. The second-order valence-corrected chi connectivity index (χ2v) is 7.70. The molecule has 0 fully saturated rings. The van der Waals surface area contributed by atoms with Gasteiger partial charge in [0.05, 0.1) is 17.0 Å². The Hall–Kier alpha value is -2.27. The molecule has 138 valence electrons. The van der Waals surface area contributed by atoms with E-state index >= 15 is 0 Å². The van der Waals surface area contributed by atoms with Crippen molar-refractivity contribution >= 4 is 29.3 Å². The summed E-state index contributed by atoms with van der Waals surface area (Å²) < 4.78 is 0. The fourth-order valence-corrected chi connectivity index (χ4v) is 3.49. The summed E-state index contributed by atoms with van der Waals surface area (Å²) >= 11 is 1.56. The van der Waals surface area contributed by atoms with Crippen molar-refractivity contribution in [3.63, 3.8) is 0 Å². The molecule has 0 radical (unpaired) electrons. The third-order valence-corrected chi connectivity index (χ3v) is 4.65. The molecule has 0 heterocycles. The van der Waals surface area contributed by atoms with Crippen molar-refractivity contribution in [3.05, 3.63) is 64.7 Å². The number of para-hydroxylation sites is 1. The minimum absolute atomic E-state index is 0.0413. The Morgan fingerprint density at radius 1 is 1.04 bits per heavy atom. The highest BCUT2D eigenvalue weighted by atomic mass is 32.2. The van der Waals surface area contributed by atoms with Gasteiger partial charge < -0.3 is 10.6 Å². The number of carbonyl (C=O) groups excluding carboxylic acids is 2. The zero-order valence-electron chi connectivity index (χ0n) is 15.8. The summed E-state index contributed by atoms with van der Waals surface area (Å²) in [4.78, 5) is 24.5. The first-order valence-corrected chi connectivity index (χ1v) is 9.85. The smallest absolute Gasteiger partial charge is 0.253 e. The number of rotatable bonds is 7. The standard InChI is InChI=1S/C21H26N2O2S/c1-14(2)22-21(25)18-7-5-6-8-19(18)23-20(24)13-26-12-17-10-15(3)9-16(4)11-17/h5-11,14H,12-13H2,1-4H3,(H,22,25)(H,23,24). The van der Waals surface area contributed by atoms with Crippen molar-refractivity contribution in [2.24, 2.45) is 0 Å². The van der Waals surface area contributed by atoms with Crippen LogP contribution < -0.4 is 10.6 Å². The quantitative estimate of drug-likeness (QED) is 0.763. The molecule has 0 saturated heterocycles. The van der Waals surface area contributed by atoms with Crippen LogP contribution in [0, 0.1) is 13.8 Å². The number of thioether (sulfide) groups is 1. The first kappa shape index (κ1) is 20.0. The van der Waals surface area contributed by atoms with E-state index in [9.17, 15) is 9.59 Å². The van der Waals surface area contributed by atoms with Crippen LogP contribution in [0.5, 0.6) is 0 Å². The number of anilines is 1. The topological polar surface area (TPSA) is 58.2 Å². The highest BCUT2D eigenvalue weighted by Gasteiger charge is 2.13. The molecule has 2 N–H and O–H groups in total. The van der Waals surface area contributed by atoms with E-state index in [1.165, 1.54) is 16.7 Å². The molecular weight excluding hydrogens is 344 g/mol. The summed E-state index contributed by atoms with van der Waals surface area (Å²) in [6.07, 6.45) is 0. The Morgan fingerprint density at radius 2 is 1.69 bits per heavy atom. The van der Waals surface area contributed by atoms with Crippen molar-refractivity contribution < 1.29 is 9.59 Å². The maximum absolute atomic E-state index is 12.3. The van der Waals surface area contributed by atoms with Gasteiger partial charge >= 0.3 is 0 Å². The van der Waals surface area contributed by atoms with Crippen LogP contribution in [0.2, 0.25) is 0 Å². The van der Waals surface area contributed by atoms with Gasteiger partial charge in [0.2, 0.25) is 5.91 Å². The van der Waals surface area contributed by atoms with Gasteiger partial charge in [0.25, 0.3) is 5.91 Å². The SMILES string of the molecule is Cc1cc(C)cc(CSCC(=O)Nc2ccccc2C(=O)NC(C)C)c1. The van der Waals surface area contributed by atoms with Crippen LogP contribution >= 0.6 is 11.8 Å². The van der Waals surface area contributed by atoms with E-state index in [1.54, 1.807) is 30.0 Å². The van der Waals surface area contributed by atoms with E-state index in [-0.39, 0.29) is 17.9 Å². The second-order valence-electron chi connectivity index (χ2n) is 6.71. The van der Waals surface area contributed by atoms with Crippen LogP contribution in [-0.4, -0.2) is 23.6 Å². The summed E-state index contributed by atoms with van der Waals surface area (Å²) in [7, 11) is 0. The molecule has 2 amide bonds. The van der Waals surface area contributed by atoms with Crippen LogP contribution in [0.4, 0.5) is 5.69 Å². The highest BCUT2D eigenvalue weighted by molar-refractivity contribution is 7.99. The normalized spacial score (nSPS) is 10.7. The van der Waals surface area contributed by atoms with Crippen molar-refractivity contribution in [1.29, 1.82) is 0 Å². The summed E-state index contributed by atoms with van der Waals surface area (Å²) in [5.74, 6) is 0.835. The van der Waals surface area contributed by atoms with Crippen LogP contribution in [0.25, 0.3) is 0 Å². The van der Waals surface area contributed by atoms with E-state index in [1.807, 2.05) is 19.9 Å². The molecule has 0 aromatic heterocycles. The van der Waals surface area contributed by atoms with Crippen molar-refractivity contribution in [2.75, 3.05) is 11.1 Å². The molecule has 2 aromatic carbocycles. The minimum Gasteiger partial charge on any atom is -0.350 e. The Morgan fingerprint density at radius 3 is 2.35 bits per heavy atom. The average Bonchev–Trinajstić information content (AvgIpc) is 2.53. The van der Waals surface area contributed by atoms with E-state index in [2.05, 4.69) is 42.7 Å². The highest BCUT2D eigenvalue weighted by Crippen LogP contribution is 2.18. The van der Waals surface area contributed by atoms with Gasteiger partial charge in [-0.2, -0.15) is 0 Å². The summed E-state index contributed by atoms with van der Waals surface area (Å²) in [5.41, 5.74) is 4.71. The van der Waals surface area contributed by atoms with Gasteiger partial charge in [0.1, 0.15) is 0 Å². The lowest BCUT2D eigenvalue weighted by Crippen LogP contribution is -2.31. The third kappa shape index (κ3) is 6.23. The van der Waals surface area contributed by atoms with Gasteiger partial charge in [-0.15, -0.1) is 11.8 Å². The lowest BCUT2D eigenvalue weighted by molar-refractivity contribution is -0.113. The summed E-state index contributed by atoms with van der Waals surface area (Å²) in [5, 5.41) is 5.71. The molecule has 2 aromatic rings. The summed E-state index contributed by atoms with van der Waals surface area (Å²) in [6, 6.07) is 13.5. The molecule has 26 heavy (non-hydrogen) atoms. The van der Waals surface area contributed by atoms with Gasteiger partial charge in [0.15, 0.2) is 0 Å². The number of carbonyl (C=O) groups is 2. The van der Waals surface area contributed by atoms with Gasteiger partial charge in [0, 0.05) is 11.8 Å². The molecular formula is C21H26N2O2S. The van der Waals surface area contributed by atoms with Gasteiger partial charge in [-0.3, -0.25) is 9.59 Å². The van der Waals surface area contributed by atoms with E-state index < -0.39 is 0 Å². The molecule has 2 rings (SSSR count). The average molecular weight is 371 g/mol. The molecule has 0 unspecified atom stereocenters. The monoisotopic (exact) mass is 370 g/mol. The third-order valence-electron chi connectivity index (χ3n) is 3.65. The van der Waals surface area contributed by atoms with Crippen molar-refractivity contribution in [3.8, 4) is 0 Å². The zero-order valence-corrected chi connectivity index (χ0v) is 16.6. The van der Waals surface area contributed by atoms with Gasteiger partial charge in [-0.25, -0.2) is 0 Å². The first-order chi connectivity index (χ1) is 12.3. The maximum Gasteiger partial charge on any atom is 0.253 e. The first-order valence-electron chi connectivity index (χ1n) is 8.70. The number of nitrogens with one attached hydrogen (secondary N) is 2. The number of aryl methyl sites for hydroxylation is 2. The fraction of sp³-hybridized carbons (Fsp3) is 0.333. The molecule has 4 nitrogen and oxygen atoms in total. The number of hydrogen-bond acceptors (Lipinski definition) is 3. The predicted molar refractivity (Wildman–Crippen MR) is 110 cm³/mol. The van der Waals surface area contributed by atoms with Crippen LogP contribution in [-0.2, 0) is 10.5 Å². The van der Waals surface area contributed by atoms with Gasteiger partial charge in [-0.1, -0.05) is 41.5 Å². The largest absolute Gasteiger partial charge is 0.350 e. The van der Waals surface area contributed by atoms with Crippen molar-refractivity contribution in [1.82, 2.24) is 5.32 Å². The number of amides is 2. The summed E-state index contributed by atoms with van der Waals surface area (Å²) in [6.45, 7) is 7.96. The Bertz CT molecular complexity index is 767. The molecule has 0 saturated carbocycles. The second kappa shape index (κ2) is 9.43. The van der Waals surface area contributed by atoms with E-state index in [0.717, 1.165) is 5.75 Å². The van der Waals surface area contributed by atoms with Gasteiger partial charge in [-0.05, 0) is 45.4 Å².